The standard InChI is InChI=1S/C8H10Br2N2OS/c1-11-7(13)4-12-3-5-2-6(9)8(10)14-5/h2,12H,3-4H2,1H3,(H,11,13). The van der Waals surface area contributed by atoms with Crippen LogP contribution in [-0.2, 0) is 11.3 Å². The zero-order chi connectivity index (χ0) is 10.6. The number of carbonyl (C=O) groups is 1. The summed E-state index contributed by atoms with van der Waals surface area (Å²) < 4.78 is 2.13. The summed E-state index contributed by atoms with van der Waals surface area (Å²) >= 11 is 8.47. The highest BCUT2D eigenvalue weighted by atomic mass is 79.9. The van der Waals surface area contributed by atoms with Gasteiger partial charge in [0.2, 0.25) is 5.91 Å². The van der Waals surface area contributed by atoms with Crippen LogP contribution in [0.2, 0.25) is 0 Å². The van der Waals surface area contributed by atoms with Crippen LogP contribution in [-0.4, -0.2) is 19.5 Å². The van der Waals surface area contributed by atoms with E-state index >= 15 is 0 Å². The number of amides is 1. The second-order valence-corrected chi connectivity index (χ2v) is 5.92. The Morgan fingerprint density at radius 2 is 2.29 bits per heavy atom. The van der Waals surface area contributed by atoms with E-state index in [-0.39, 0.29) is 5.91 Å². The van der Waals surface area contributed by atoms with Crippen molar-refractivity contribution in [3.8, 4) is 0 Å². The molecule has 2 N–H and O–H groups in total. The maximum Gasteiger partial charge on any atom is 0.233 e. The number of rotatable bonds is 4. The molecule has 1 aromatic heterocycles. The van der Waals surface area contributed by atoms with Crippen LogP contribution in [0.5, 0.6) is 0 Å². The molecule has 78 valence electrons. The topological polar surface area (TPSA) is 41.1 Å². The van der Waals surface area contributed by atoms with Crippen molar-refractivity contribution in [1.82, 2.24) is 10.6 Å². The Morgan fingerprint density at radius 1 is 1.57 bits per heavy atom. The lowest BCUT2D eigenvalue weighted by Gasteiger charge is -2.00. The molecule has 0 atom stereocenters. The van der Waals surface area contributed by atoms with E-state index in [9.17, 15) is 4.79 Å². The van der Waals surface area contributed by atoms with Crippen molar-refractivity contribution >= 4 is 49.1 Å². The summed E-state index contributed by atoms with van der Waals surface area (Å²) in [5.74, 6) is -0.000289. The third-order valence-electron chi connectivity index (χ3n) is 1.56. The molecule has 1 heterocycles. The Morgan fingerprint density at radius 3 is 2.79 bits per heavy atom. The minimum absolute atomic E-state index is 0.000289. The quantitative estimate of drug-likeness (QED) is 0.880. The van der Waals surface area contributed by atoms with Crippen molar-refractivity contribution in [1.29, 1.82) is 0 Å². The molecule has 0 spiro atoms. The van der Waals surface area contributed by atoms with Gasteiger partial charge in [0.1, 0.15) is 0 Å². The van der Waals surface area contributed by atoms with Gasteiger partial charge in [-0.1, -0.05) is 0 Å². The molecule has 14 heavy (non-hydrogen) atoms. The molecule has 0 saturated heterocycles. The molecule has 0 fully saturated rings. The molecule has 0 saturated carbocycles. The highest BCUT2D eigenvalue weighted by Crippen LogP contribution is 2.32. The number of carbonyl (C=O) groups excluding carboxylic acids is 1. The molecular formula is C8H10Br2N2OS. The van der Waals surface area contributed by atoms with Gasteiger partial charge < -0.3 is 10.6 Å². The first-order chi connectivity index (χ1) is 6.63. The van der Waals surface area contributed by atoms with Crippen molar-refractivity contribution in [3.63, 3.8) is 0 Å². The smallest absolute Gasteiger partial charge is 0.233 e. The third-order valence-corrected chi connectivity index (χ3v) is 4.82. The summed E-state index contributed by atoms with van der Waals surface area (Å²) in [6.07, 6.45) is 0. The Bertz CT molecular complexity index is 308. The molecule has 3 nitrogen and oxygen atoms in total. The van der Waals surface area contributed by atoms with Crippen LogP contribution in [0.15, 0.2) is 14.3 Å². The van der Waals surface area contributed by atoms with E-state index in [1.807, 2.05) is 6.07 Å². The van der Waals surface area contributed by atoms with Crippen LogP contribution in [0.4, 0.5) is 0 Å². The van der Waals surface area contributed by atoms with E-state index in [0.29, 0.717) is 13.1 Å². The minimum atomic E-state index is -0.000289. The summed E-state index contributed by atoms with van der Waals surface area (Å²) in [6, 6.07) is 2.03. The number of nitrogens with one attached hydrogen (secondary N) is 2. The average molecular weight is 342 g/mol. The summed E-state index contributed by atoms with van der Waals surface area (Å²) in [6.45, 7) is 1.06. The van der Waals surface area contributed by atoms with E-state index in [1.54, 1.807) is 18.4 Å². The molecule has 0 aliphatic heterocycles. The van der Waals surface area contributed by atoms with E-state index in [1.165, 1.54) is 4.88 Å². The van der Waals surface area contributed by atoms with Crippen LogP contribution in [0, 0.1) is 0 Å². The van der Waals surface area contributed by atoms with Gasteiger partial charge in [0.05, 0.1) is 10.3 Å². The van der Waals surface area contributed by atoms with Crippen molar-refractivity contribution in [2.45, 2.75) is 6.54 Å². The van der Waals surface area contributed by atoms with E-state index in [2.05, 4.69) is 42.5 Å². The van der Waals surface area contributed by atoms with Crippen LogP contribution in [0.25, 0.3) is 0 Å². The highest BCUT2D eigenvalue weighted by Gasteiger charge is 2.04. The molecule has 0 bridgehead atoms. The van der Waals surface area contributed by atoms with Crippen LogP contribution in [0.1, 0.15) is 4.88 Å². The molecule has 0 aliphatic carbocycles. The normalized spacial score (nSPS) is 10.2. The molecule has 0 unspecified atom stereocenters. The van der Waals surface area contributed by atoms with Crippen LogP contribution >= 0.6 is 43.2 Å². The lowest BCUT2D eigenvalue weighted by molar-refractivity contribution is -0.119. The number of halogens is 2. The summed E-state index contributed by atoms with van der Waals surface area (Å²) in [5.41, 5.74) is 0. The lowest BCUT2D eigenvalue weighted by Crippen LogP contribution is -2.30. The second kappa shape index (κ2) is 5.85. The number of hydrogen-bond acceptors (Lipinski definition) is 3. The zero-order valence-corrected chi connectivity index (χ0v) is 11.6. The van der Waals surface area contributed by atoms with Crippen molar-refractivity contribution in [2.75, 3.05) is 13.6 Å². The van der Waals surface area contributed by atoms with Gasteiger partial charge in [-0.05, 0) is 37.9 Å². The van der Waals surface area contributed by atoms with E-state index in [0.717, 1.165) is 8.26 Å². The summed E-state index contributed by atoms with van der Waals surface area (Å²) in [7, 11) is 1.63. The summed E-state index contributed by atoms with van der Waals surface area (Å²) in [4.78, 5) is 12.1. The zero-order valence-electron chi connectivity index (χ0n) is 7.56. The Labute approximate surface area is 104 Å². The number of likely N-dealkylation sites (N-methyl/N-ethyl adjacent to an activating group) is 1. The summed E-state index contributed by atoms with van der Waals surface area (Å²) in [5, 5.41) is 5.60. The van der Waals surface area contributed by atoms with Crippen molar-refractivity contribution < 1.29 is 4.79 Å². The Kier molecular flexibility index (Phi) is 5.08. The molecule has 0 aromatic carbocycles. The predicted octanol–water partition coefficient (Wildman–Crippen LogP) is 2.11. The Balaban J connectivity index is 2.35. The van der Waals surface area contributed by atoms with Gasteiger partial charge in [0.25, 0.3) is 0 Å². The first-order valence-electron chi connectivity index (χ1n) is 3.98. The van der Waals surface area contributed by atoms with Crippen molar-refractivity contribution in [3.05, 3.63) is 19.2 Å². The van der Waals surface area contributed by atoms with Gasteiger partial charge in [-0.15, -0.1) is 11.3 Å². The molecule has 1 rings (SSSR count). The first-order valence-corrected chi connectivity index (χ1v) is 6.38. The van der Waals surface area contributed by atoms with Gasteiger partial charge in [0, 0.05) is 22.9 Å². The SMILES string of the molecule is CNC(=O)CNCc1cc(Br)c(Br)s1. The fourth-order valence-corrected chi connectivity index (χ4v) is 3.01. The van der Waals surface area contributed by atoms with Gasteiger partial charge in [0.15, 0.2) is 0 Å². The van der Waals surface area contributed by atoms with E-state index < -0.39 is 0 Å². The van der Waals surface area contributed by atoms with Gasteiger partial charge >= 0.3 is 0 Å². The average Bonchev–Trinajstić information content (AvgIpc) is 2.46. The van der Waals surface area contributed by atoms with Gasteiger partial charge in [-0.25, -0.2) is 0 Å². The first kappa shape index (κ1) is 12.2. The lowest BCUT2D eigenvalue weighted by atomic mass is 10.4. The largest absolute Gasteiger partial charge is 0.358 e. The molecule has 1 amide bonds. The highest BCUT2D eigenvalue weighted by molar-refractivity contribution is 9.13. The van der Waals surface area contributed by atoms with E-state index in [4.69, 9.17) is 0 Å². The Hall–Kier alpha value is 0.0900. The molecule has 0 radical (unpaired) electrons. The third kappa shape index (κ3) is 3.68. The van der Waals surface area contributed by atoms with Gasteiger partial charge in [-0.3, -0.25) is 4.79 Å². The maximum atomic E-state index is 10.9. The monoisotopic (exact) mass is 340 g/mol. The number of hydrogen-bond donors (Lipinski definition) is 2. The fraction of sp³-hybridized carbons (Fsp3) is 0.375. The van der Waals surface area contributed by atoms with Crippen LogP contribution in [0.3, 0.4) is 0 Å². The fourth-order valence-electron chi connectivity index (χ4n) is 0.866. The van der Waals surface area contributed by atoms with Crippen LogP contribution < -0.4 is 10.6 Å². The van der Waals surface area contributed by atoms with Crippen molar-refractivity contribution in [2.24, 2.45) is 0 Å². The minimum Gasteiger partial charge on any atom is -0.358 e. The maximum absolute atomic E-state index is 10.9. The molecule has 6 heteroatoms. The molecule has 1 aromatic rings. The predicted molar refractivity (Wildman–Crippen MR) is 65.5 cm³/mol. The molecule has 0 aliphatic rings. The van der Waals surface area contributed by atoms with Gasteiger partial charge in [-0.2, -0.15) is 0 Å². The second-order valence-electron chi connectivity index (χ2n) is 2.61. The number of thiophene rings is 1. The molecular weight excluding hydrogens is 332 g/mol.